The molecule has 4 N–H and O–H groups in total. The van der Waals surface area contributed by atoms with E-state index in [1.165, 1.54) is 13.0 Å². The molecule has 0 bridgehead atoms. The van der Waals surface area contributed by atoms with E-state index in [9.17, 15) is 32.7 Å². The lowest BCUT2D eigenvalue weighted by Crippen LogP contribution is -2.49. The first-order valence-electron chi connectivity index (χ1n) is 10.3. The van der Waals surface area contributed by atoms with Crippen LogP contribution in [-0.2, 0) is 27.0 Å². The lowest BCUT2D eigenvalue weighted by Gasteiger charge is -2.23. The van der Waals surface area contributed by atoms with Crippen LogP contribution in [0.5, 0.6) is 0 Å². The summed E-state index contributed by atoms with van der Waals surface area (Å²) >= 11 is 0. The highest BCUT2D eigenvalue weighted by Gasteiger charge is 2.33. The summed E-state index contributed by atoms with van der Waals surface area (Å²) in [5, 5.41) is 23.6. The summed E-state index contributed by atoms with van der Waals surface area (Å²) in [6, 6.07) is 11.9. The number of carbonyl (C=O) groups is 3. The molecule has 0 aromatic heterocycles. The predicted octanol–water partition coefficient (Wildman–Crippen LogP) is 3.23. The Bertz CT molecular complexity index is 966. The fourth-order valence-electron chi connectivity index (χ4n) is 3.23. The number of anilines is 1. The average molecular weight is 466 g/mol. The zero-order chi connectivity index (χ0) is 24.6. The van der Waals surface area contributed by atoms with Crippen molar-refractivity contribution in [3.63, 3.8) is 0 Å². The van der Waals surface area contributed by atoms with Crippen molar-refractivity contribution >= 4 is 23.5 Å². The van der Waals surface area contributed by atoms with Gasteiger partial charge in [0, 0.05) is 5.69 Å². The van der Waals surface area contributed by atoms with Gasteiger partial charge in [-0.25, -0.2) is 4.79 Å². The average Bonchev–Trinajstić information content (AvgIpc) is 2.77. The van der Waals surface area contributed by atoms with Crippen molar-refractivity contribution in [3.8, 4) is 0 Å². The van der Waals surface area contributed by atoms with Gasteiger partial charge in [0.2, 0.25) is 11.8 Å². The number of alkyl halides is 3. The predicted molar refractivity (Wildman–Crippen MR) is 114 cm³/mol. The first-order chi connectivity index (χ1) is 15.5. The number of carboxylic acids is 1. The van der Waals surface area contributed by atoms with Crippen LogP contribution in [0, 0.1) is 5.92 Å². The van der Waals surface area contributed by atoms with E-state index in [-0.39, 0.29) is 18.5 Å². The summed E-state index contributed by atoms with van der Waals surface area (Å²) < 4.78 is 38.9. The Morgan fingerprint density at radius 3 is 2.24 bits per heavy atom. The number of aliphatic carboxylic acids is 1. The van der Waals surface area contributed by atoms with Gasteiger partial charge in [-0.15, -0.1) is 0 Å². The Kier molecular flexibility index (Phi) is 8.98. The summed E-state index contributed by atoms with van der Waals surface area (Å²) in [4.78, 5) is 36.6. The maximum Gasteiger partial charge on any atom is 0.416 e. The van der Waals surface area contributed by atoms with Gasteiger partial charge < -0.3 is 20.8 Å². The van der Waals surface area contributed by atoms with E-state index in [4.69, 9.17) is 5.11 Å². The molecule has 1 unspecified atom stereocenters. The SMILES string of the molecule is CCC(C(=O)N[C@@H](CCc1ccccc1)C(=O)Nc1cccc(C(F)(F)F)c1)[C@H](O)C(=O)O. The van der Waals surface area contributed by atoms with Gasteiger partial charge in [0.1, 0.15) is 6.04 Å². The molecule has 7 nitrogen and oxygen atoms in total. The van der Waals surface area contributed by atoms with E-state index in [1.807, 2.05) is 18.2 Å². The Labute approximate surface area is 188 Å². The Morgan fingerprint density at radius 2 is 1.67 bits per heavy atom. The van der Waals surface area contributed by atoms with Gasteiger partial charge in [-0.05, 0) is 43.0 Å². The number of carboxylic acid groups (broad SMARTS) is 1. The molecule has 0 radical (unpaired) electrons. The first-order valence-corrected chi connectivity index (χ1v) is 10.3. The van der Waals surface area contributed by atoms with Crippen LogP contribution in [0.4, 0.5) is 18.9 Å². The molecule has 2 aromatic carbocycles. The zero-order valence-corrected chi connectivity index (χ0v) is 17.8. The van der Waals surface area contributed by atoms with Crippen LogP contribution >= 0.6 is 0 Å². The van der Waals surface area contributed by atoms with E-state index in [2.05, 4.69) is 10.6 Å². The molecule has 0 spiro atoms. The van der Waals surface area contributed by atoms with E-state index in [0.717, 1.165) is 23.8 Å². The van der Waals surface area contributed by atoms with Crippen LogP contribution in [0.3, 0.4) is 0 Å². The summed E-state index contributed by atoms with van der Waals surface area (Å²) in [6.45, 7) is 1.51. The third kappa shape index (κ3) is 7.60. The van der Waals surface area contributed by atoms with Gasteiger partial charge in [0.05, 0.1) is 11.5 Å². The molecule has 0 heterocycles. The molecule has 0 fully saturated rings. The number of carbonyl (C=O) groups excluding carboxylic acids is 2. The summed E-state index contributed by atoms with van der Waals surface area (Å²) in [5.74, 6) is -4.49. The molecular formula is C23H25F3N2O5. The highest BCUT2D eigenvalue weighted by Crippen LogP contribution is 2.30. The summed E-state index contributed by atoms with van der Waals surface area (Å²) in [6.07, 6.45) is -6.10. The number of amides is 2. The normalized spacial score (nSPS) is 14.1. The minimum Gasteiger partial charge on any atom is -0.479 e. The second-order valence-electron chi connectivity index (χ2n) is 7.45. The third-order valence-corrected chi connectivity index (χ3v) is 5.07. The van der Waals surface area contributed by atoms with Crippen molar-refractivity contribution in [2.45, 2.75) is 44.5 Å². The van der Waals surface area contributed by atoms with Crippen molar-refractivity contribution in [1.82, 2.24) is 5.32 Å². The topological polar surface area (TPSA) is 116 Å². The molecule has 0 saturated carbocycles. The van der Waals surface area contributed by atoms with Crippen LogP contribution in [0.15, 0.2) is 54.6 Å². The second-order valence-corrected chi connectivity index (χ2v) is 7.45. The molecule has 0 aliphatic carbocycles. The summed E-state index contributed by atoms with van der Waals surface area (Å²) in [7, 11) is 0. The maximum absolute atomic E-state index is 13.0. The largest absolute Gasteiger partial charge is 0.479 e. The molecule has 3 atom stereocenters. The quantitative estimate of drug-likeness (QED) is 0.429. The van der Waals surface area contributed by atoms with Crippen LogP contribution in [0.2, 0.25) is 0 Å². The minimum atomic E-state index is -4.59. The number of nitrogens with one attached hydrogen (secondary N) is 2. The van der Waals surface area contributed by atoms with Crippen LogP contribution < -0.4 is 10.6 Å². The molecule has 2 aromatic rings. The minimum absolute atomic E-state index is 0.0000474. The zero-order valence-electron chi connectivity index (χ0n) is 17.8. The molecule has 0 aliphatic heterocycles. The van der Waals surface area contributed by atoms with Gasteiger partial charge >= 0.3 is 12.1 Å². The number of aryl methyl sites for hydroxylation is 1. The fraction of sp³-hybridized carbons (Fsp3) is 0.348. The number of aliphatic hydroxyl groups excluding tert-OH is 1. The van der Waals surface area contributed by atoms with E-state index in [0.29, 0.717) is 6.42 Å². The molecule has 178 valence electrons. The number of hydrogen-bond donors (Lipinski definition) is 4. The lowest BCUT2D eigenvalue weighted by atomic mass is 9.97. The standard InChI is InChI=1S/C23H25F3N2O5/c1-2-17(19(29)22(32)33)20(30)28-18(12-11-14-7-4-3-5-8-14)21(31)27-16-10-6-9-15(13-16)23(24,25)26/h3-10,13,17-19,29H,2,11-12H2,1H3,(H,27,31)(H,28,30)(H,32,33)/t17?,18-,19-/m0/s1. The number of halogens is 3. The van der Waals surface area contributed by atoms with Crippen molar-refractivity contribution in [3.05, 3.63) is 65.7 Å². The molecule has 0 saturated heterocycles. The molecule has 2 rings (SSSR count). The molecule has 33 heavy (non-hydrogen) atoms. The number of hydrogen-bond acceptors (Lipinski definition) is 4. The lowest BCUT2D eigenvalue weighted by molar-refractivity contribution is -0.153. The van der Waals surface area contributed by atoms with Crippen LogP contribution in [0.1, 0.15) is 30.9 Å². The molecule has 10 heteroatoms. The Hall–Kier alpha value is -3.40. The van der Waals surface area contributed by atoms with Gasteiger partial charge in [-0.2, -0.15) is 13.2 Å². The fourth-order valence-corrected chi connectivity index (χ4v) is 3.23. The molecule has 0 aliphatic rings. The van der Waals surface area contributed by atoms with Crippen molar-refractivity contribution in [1.29, 1.82) is 0 Å². The third-order valence-electron chi connectivity index (χ3n) is 5.07. The van der Waals surface area contributed by atoms with Gasteiger partial charge in [-0.3, -0.25) is 9.59 Å². The van der Waals surface area contributed by atoms with Crippen molar-refractivity contribution < 1.29 is 37.8 Å². The highest BCUT2D eigenvalue weighted by atomic mass is 19.4. The molecular weight excluding hydrogens is 441 g/mol. The Morgan fingerprint density at radius 1 is 1.00 bits per heavy atom. The number of aliphatic hydroxyl groups is 1. The summed E-state index contributed by atoms with van der Waals surface area (Å²) in [5.41, 5.74) is -0.187. The molecule has 2 amide bonds. The highest BCUT2D eigenvalue weighted by molar-refractivity contribution is 5.98. The van der Waals surface area contributed by atoms with Crippen LogP contribution in [-0.4, -0.2) is 40.1 Å². The number of rotatable bonds is 10. The Balaban J connectivity index is 2.21. The van der Waals surface area contributed by atoms with Crippen LogP contribution in [0.25, 0.3) is 0 Å². The maximum atomic E-state index is 13.0. The number of benzene rings is 2. The van der Waals surface area contributed by atoms with Gasteiger partial charge in [0.15, 0.2) is 6.10 Å². The monoisotopic (exact) mass is 466 g/mol. The smallest absolute Gasteiger partial charge is 0.416 e. The second kappa shape index (κ2) is 11.5. The van der Waals surface area contributed by atoms with E-state index < -0.39 is 47.6 Å². The first kappa shape index (κ1) is 25.9. The van der Waals surface area contributed by atoms with E-state index >= 15 is 0 Å². The van der Waals surface area contributed by atoms with E-state index in [1.54, 1.807) is 12.1 Å². The van der Waals surface area contributed by atoms with Crippen molar-refractivity contribution in [2.75, 3.05) is 5.32 Å². The van der Waals surface area contributed by atoms with Gasteiger partial charge in [0.25, 0.3) is 0 Å². The van der Waals surface area contributed by atoms with Crippen molar-refractivity contribution in [2.24, 2.45) is 5.92 Å². The van der Waals surface area contributed by atoms with Gasteiger partial charge in [-0.1, -0.05) is 43.3 Å².